The molecule has 1 N–H and O–H groups in total. The van der Waals surface area contributed by atoms with Gasteiger partial charge in [-0.25, -0.2) is 14.3 Å². The number of nitrogens with one attached hydrogen (secondary N) is 1. The first-order chi connectivity index (χ1) is 15.4. The number of benzene rings is 2. The van der Waals surface area contributed by atoms with E-state index in [1.165, 1.54) is 11.0 Å². The van der Waals surface area contributed by atoms with Gasteiger partial charge in [-0.15, -0.1) is 5.10 Å². The molecule has 1 amide bonds. The summed E-state index contributed by atoms with van der Waals surface area (Å²) in [6, 6.07) is 12.3. The number of hydrogen-bond donors (Lipinski definition) is 1. The van der Waals surface area contributed by atoms with Gasteiger partial charge in [0.15, 0.2) is 12.4 Å². The smallest absolute Gasteiger partial charge is 0.278 e. The van der Waals surface area contributed by atoms with Crippen molar-refractivity contribution in [2.45, 2.75) is 20.2 Å². The first-order valence-electron chi connectivity index (χ1n) is 9.44. The molecule has 0 atom stereocenters. The first-order valence-corrected chi connectivity index (χ1v) is 10.6. The van der Waals surface area contributed by atoms with E-state index >= 15 is 0 Å². The molecule has 4 aromatic rings. The van der Waals surface area contributed by atoms with Gasteiger partial charge in [-0.2, -0.15) is 5.10 Å². The normalized spacial score (nSPS) is 10.9. The summed E-state index contributed by atoms with van der Waals surface area (Å²) >= 11 is 18.2. The third-order valence-corrected chi connectivity index (χ3v) is 5.32. The van der Waals surface area contributed by atoms with E-state index in [4.69, 9.17) is 39.5 Å². The molecule has 2 aromatic carbocycles. The van der Waals surface area contributed by atoms with Crippen molar-refractivity contribution in [1.82, 2.24) is 24.5 Å². The maximum absolute atomic E-state index is 12.5. The maximum atomic E-state index is 12.5. The van der Waals surface area contributed by atoms with E-state index in [-0.39, 0.29) is 18.4 Å². The summed E-state index contributed by atoms with van der Waals surface area (Å²) in [6.45, 7) is 2.43. The fourth-order valence-electron chi connectivity index (χ4n) is 2.83. The summed E-state index contributed by atoms with van der Waals surface area (Å²) in [6.07, 6.45) is 3.13. The van der Waals surface area contributed by atoms with Crippen LogP contribution in [0.4, 0.5) is 5.95 Å². The number of carbonyl (C=O) groups is 1. The van der Waals surface area contributed by atoms with E-state index in [0.29, 0.717) is 27.4 Å². The minimum Gasteiger partial charge on any atom is -0.470 e. The van der Waals surface area contributed by atoms with Gasteiger partial charge in [-0.05, 0) is 48.4 Å². The van der Waals surface area contributed by atoms with Crippen LogP contribution < -0.4 is 10.1 Å². The van der Waals surface area contributed by atoms with Crippen LogP contribution in [-0.4, -0.2) is 30.5 Å². The third kappa shape index (κ3) is 5.40. The maximum Gasteiger partial charge on any atom is 0.278 e. The van der Waals surface area contributed by atoms with Gasteiger partial charge in [-0.1, -0.05) is 46.9 Å². The second-order valence-electron chi connectivity index (χ2n) is 6.90. The van der Waals surface area contributed by atoms with Crippen molar-refractivity contribution < 1.29 is 9.53 Å². The molecule has 0 radical (unpaired) electrons. The molecule has 0 fully saturated rings. The average molecular weight is 492 g/mol. The molecule has 8 nitrogen and oxygen atoms in total. The molecular weight excluding hydrogens is 475 g/mol. The van der Waals surface area contributed by atoms with Gasteiger partial charge in [0, 0.05) is 16.2 Å². The van der Waals surface area contributed by atoms with Crippen molar-refractivity contribution in [2.24, 2.45) is 0 Å². The summed E-state index contributed by atoms with van der Waals surface area (Å²) in [5, 5.41) is 12.7. The van der Waals surface area contributed by atoms with Crippen molar-refractivity contribution in [2.75, 3.05) is 5.32 Å². The number of ether oxygens (including phenoxy) is 1. The second kappa shape index (κ2) is 9.60. The lowest BCUT2D eigenvalue weighted by Gasteiger charge is -2.08. The molecule has 0 aliphatic carbocycles. The molecule has 0 spiro atoms. The first kappa shape index (κ1) is 22.1. The van der Waals surface area contributed by atoms with Crippen LogP contribution >= 0.6 is 34.8 Å². The van der Waals surface area contributed by atoms with Gasteiger partial charge >= 0.3 is 0 Å². The Morgan fingerprint density at radius 3 is 2.69 bits per heavy atom. The summed E-state index contributed by atoms with van der Waals surface area (Å²) in [7, 11) is 0. The van der Waals surface area contributed by atoms with Crippen LogP contribution in [0.5, 0.6) is 5.75 Å². The molecule has 0 saturated heterocycles. The standard InChI is InChI=1S/C21H17Cl3N6O2/c1-13-2-5-16(23)19(8-13)32-12-29-7-6-18(27-29)20(31)26-21-25-11-30(28-21)10-14-3-4-15(22)9-17(14)24/h2-9,11H,10,12H2,1H3,(H,26,28,31). The van der Waals surface area contributed by atoms with Crippen LogP contribution in [-0.2, 0) is 13.3 Å². The zero-order valence-electron chi connectivity index (χ0n) is 16.8. The monoisotopic (exact) mass is 490 g/mol. The lowest BCUT2D eigenvalue weighted by Crippen LogP contribution is -2.15. The predicted octanol–water partition coefficient (Wildman–Crippen LogP) is 5.08. The zero-order valence-corrected chi connectivity index (χ0v) is 19.1. The van der Waals surface area contributed by atoms with Gasteiger partial charge in [0.05, 0.1) is 11.6 Å². The topological polar surface area (TPSA) is 86.9 Å². The molecule has 2 aromatic heterocycles. The fraction of sp³-hybridized carbons (Fsp3) is 0.143. The minimum absolute atomic E-state index is 0.102. The highest BCUT2D eigenvalue weighted by Gasteiger charge is 2.13. The van der Waals surface area contributed by atoms with Gasteiger partial charge < -0.3 is 4.74 Å². The molecule has 4 rings (SSSR count). The van der Waals surface area contributed by atoms with Gasteiger partial charge in [0.25, 0.3) is 5.91 Å². The van der Waals surface area contributed by atoms with E-state index in [1.54, 1.807) is 35.1 Å². The Hall–Kier alpha value is -3.07. The SMILES string of the molecule is Cc1ccc(Cl)c(OCn2ccc(C(=O)Nc3ncn(Cc4ccc(Cl)cc4Cl)n3)n2)c1. The van der Waals surface area contributed by atoms with Crippen LogP contribution in [0, 0.1) is 6.92 Å². The van der Waals surface area contributed by atoms with Crippen LogP contribution in [0.15, 0.2) is 55.0 Å². The summed E-state index contributed by atoms with van der Waals surface area (Å²) < 4.78 is 8.73. The summed E-state index contributed by atoms with van der Waals surface area (Å²) in [5.74, 6) is 0.251. The fourth-order valence-corrected chi connectivity index (χ4v) is 3.47. The van der Waals surface area contributed by atoms with E-state index in [2.05, 4.69) is 20.5 Å². The molecule has 11 heteroatoms. The van der Waals surface area contributed by atoms with Crippen molar-refractivity contribution in [3.8, 4) is 5.75 Å². The minimum atomic E-state index is -0.445. The Morgan fingerprint density at radius 1 is 1.03 bits per heavy atom. The molecule has 0 bridgehead atoms. The van der Waals surface area contributed by atoms with Crippen LogP contribution in [0.3, 0.4) is 0 Å². The predicted molar refractivity (Wildman–Crippen MR) is 123 cm³/mol. The molecule has 0 aliphatic heterocycles. The van der Waals surface area contributed by atoms with Crippen LogP contribution in [0.1, 0.15) is 21.6 Å². The number of carbonyl (C=O) groups excluding carboxylic acids is 1. The molecular formula is C21H17Cl3N6O2. The molecule has 32 heavy (non-hydrogen) atoms. The third-order valence-electron chi connectivity index (χ3n) is 4.42. The lowest BCUT2D eigenvalue weighted by molar-refractivity contribution is 0.101. The van der Waals surface area contributed by atoms with Crippen molar-refractivity contribution in [1.29, 1.82) is 0 Å². The number of halogens is 3. The number of aromatic nitrogens is 5. The van der Waals surface area contributed by atoms with E-state index in [0.717, 1.165) is 11.1 Å². The highest BCUT2D eigenvalue weighted by atomic mass is 35.5. The second-order valence-corrected chi connectivity index (χ2v) is 8.15. The number of nitrogens with zero attached hydrogens (tertiary/aromatic N) is 5. The molecule has 164 valence electrons. The van der Waals surface area contributed by atoms with E-state index in [1.807, 2.05) is 25.1 Å². The Morgan fingerprint density at radius 2 is 1.88 bits per heavy atom. The molecule has 0 saturated carbocycles. The highest BCUT2D eigenvalue weighted by molar-refractivity contribution is 6.35. The number of amides is 1. The van der Waals surface area contributed by atoms with Crippen LogP contribution in [0.2, 0.25) is 15.1 Å². The molecule has 2 heterocycles. The van der Waals surface area contributed by atoms with Gasteiger partial charge in [0.1, 0.15) is 12.1 Å². The Bertz CT molecular complexity index is 1270. The molecule has 0 unspecified atom stereocenters. The lowest BCUT2D eigenvalue weighted by atomic mass is 10.2. The molecule has 0 aliphatic rings. The summed E-state index contributed by atoms with van der Waals surface area (Å²) in [4.78, 5) is 16.6. The average Bonchev–Trinajstić information content (AvgIpc) is 3.40. The number of anilines is 1. The number of hydrogen-bond acceptors (Lipinski definition) is 5. The van der Waals surface area contributed by atoms with E-state index < -0.39 is 5.91 Å². The van der Waals surface area contributed by atoms with Crippen molar-refractivity contribution in [3.05, 3.63) is 86.9 Å². The van der Waals surface area contributed by atoms with Gasteiger partial charge in [-0.3, -0.25) is 10.1 Å². The summed E-state index contributed by atoms with van der Waals surface area (Å²) in [5.41, 5.74) is 2.04. The van der Waals surface area contributed by atoms with Crippen molar-refractivity contribution >= 4 is 46.7 Å². The van der Waals surface area contributed by atoms with E-state index in [9.17, 15) is 4.79 Å². The zero-order chi connectivity index (χ0) is 22.7. The van der Waals surface area contributed by atoms with Crippen LogP contribution in [0.25, 0.3) is 0 Å². The number of rotatable bonds is 7. The largest absolute Gasteiger partial charge is 0.470 e. The van der Waals surface area contributed by atoms with Gasteiger partial charge in [0.2, 0.25) is 5.95 Å². The Balaban J connectivity index is 1.35. The Kier molecular flexibility index (Phi) is 6.64. The quantitative estimate of drug-likeness (QED) is 0.389. The van der Waals surface area contributed by atoms with Crippen molar-refractivity contribution in [3.63, 3.8) is 0 Å². The Labute approximate surface area is 198 Å². The highest BCUT2D eigenvalue weighted by Crippen LogP contribution is 2.25. The number of aryl methyl sites for hydroxylation is 1.